The predicted octanol–water partition coefficient (Wildman–Crippen LogP) is 3.53. The highest BCUT2D eigenvalue weighted by atomic mass is 32.2. The van der Waals surface area contributed by atoms with Crippen LogP contribution in [0.2, 0.25) is 0 Å². The van der Waals surface area contributed by atoms with Crippen molar-refractivity contribution in [1.82, 2.24) is 15.8 Å². The first-order valence-corrected chi connectivity index (χ1v) is 10.6. The molecule has 5 nitrogen and oxygen atoms in total. The van der Waals surface area contributed by atoms with Crippen LogP contribution in [0.5, 0.6) is 0 Å². The molecular formula is C21H21N3O2S. The molecule has 2 heterocycles. The van der Waals surface area contributed by atoms with E-state index in [0.29, 0.717) is 11.4 Å². The fourth-order valence-corrected chi connectivity index (χ4v) is 4.27. The van der Waals surface area contributed by atoms with Gasteiger partial charge in [-0.15, -0.1) is 0 Å². The van der Waals surface area contributed by atoms with Crippen LogP contribution in [-0.2, 0) is 9.84 Å². The van der Waals surface area contributed by atoms with Crippen molar-refractivity contribution in [3.8, 4) is 11.1 Å². The first-order valence-electron chi connectivity index (χ1n) is 8.91. The molecule has 0 saturated heterocycles. The minimum absolute atomic E-state index is 0.0855. The molecule has 0 atom stereocenters. The van der Waals surface area contributed by atoms with E-state index in [1.165, 1.54) is 0 Å². The number of rotatable bonds is 4. The van der Waals surface area contributed by atoms with Gasteiger partial charge in [0.2, 0.25) is 0 Å². The molecule has 2 aromatic carbocycles. The highest BCUT2D eigenvalue weighted by Crippen LogP contribution is 2.32. The Morgan fingerprint density at radius 1 is 1.07 bits per heavy atom. The lowest BCUT2D eigenvalue weighted by Gasteiger charge is -2.12. The van der Waals surface area contributed by atoms with E-state index in [1.807, 2.05) is 43.3 Å². The van der Waals surface area contributed by atoms with Gasteiger partial charge in [0.05, 0.1) is 21.9 Å². The van der Waals surface area contributed by atoms with Gasteiger partial charge >= 0.3 is 0 Å². The van der Waals surface area contributed by atoms with Gasteiger partial charge in [0.15, 0.2) is 9.84 Å². The number of fused-ring (bicyclic) bond motifs is 1. The molecule has 0 unspecified atom stereocenters. The normalized spacial score (nSPS) is 14.6. The summed E-state index contributed by atoms with van der Waals surface area (Å²) in [5, 5.41) is 1.00. The predicted molar refractivity (Wildman–Crippen MR) is 109 cm³/mol. The Kier molecular flexibility index (Phi) is 4.45. The summed E-state index contributed by atoms with van der Waals surface area (Å²) in [6, 6.07) is 17.2. The van der Waals surface area contributed by atoms with Crippen LogP contribution in [-0.4, -0.2) is 25.7 Å². The van der Waals surface area contributed by atoms with Crippen LogP contribution in [0.1, 0.15) is 19.5 Å². The molecule has 0 aliphatic carbocycles. The maximum atomic E-state index is 12.3. The number of para-hydroxylation sites is 1. The Bertz CT molecular complexity index is 1170. The first kappa shape index (κ1) is 17.7. The second kappa shape index (κ2) is 6.79. The molecule has 4 rings (SSSR count). The molecular weight excluding hydrogens is 358 g/mol. The summed E-state index contributed by atoms with van der Waals surface area (Å²) < 4.78 is 24.7. The lowest BCUT2D eigenvalue weighted by Crippen LogP contribution is -2.22. The summed E-state index contributed by atoms with van der Waals surface area (Å²) in [6.07, 6.45) is 0. The highest BCUT2D eigenvalue weighted by Gasteiger charge is 2.17. The van der Waals surface area contributed by atoms with Gasteiger partial charge in [0.1, 0.15) is 0 Å². The van der Waals surface area contributed by atoms with Crippen LogP contribution in [0.15, 0.2) is 65.2 Å². The molecule has 0 fully saturated rings. The van der Waals surface area contributed by atoms with Gasteiger partial charge in [-0.3, -0.25) is 0 Å². The summed E-state index contributed by atoms with van der Waals surface area (Å²) in [5.74, 6) is 0.0855. The Labute approximate surface area is 159 Å². The maximum absolute atomic E-state index is 12.3. The second-order valence-corrected chi connectivity index (χ2v) is 8.86. The Morgan fingerprint density at radius 3 is 2.63 bits per heavy atom. The largest absolute Gasteiger partial charge is 0.325 e. The molecule has 0 spiro atoms. The van der Waals surface area contributed by atoms with Crippen LogP contribution in [0.4, 0.5) is 0 Å². The van der Waals surface area contributed by atoms with Gasteiger partial charge in [0.25, 0.3) is 0 Å². The number of nitrogens with one attached hydrogen (secondary N) is 2. The summed E-state index contributed by atoms with van der Waals surface area (Å²) in [4.78, 5) is 5.18. The molecule has 0 bridgehead atoms. The van der Waals surface area contributed by atoms with Crippen molar-refractivity contribution in [1.29, 1.82) is 0 Å². The lowest BCUT2D eigenvalue weighted by molar-refractivity contribution is 0.597. The van der Waals surface area contributed by atoms with Crippen LogP contribution in [0.3, 0.4) is 0 Å². The van der Waals surface area contributed by atoms with Crippen molar-refractivity contribution >= 4 is 26.3 Å². The van der Waals surface area contributed by atoms with Gasteiger partial charge in [-0.2, -0.15) is 0 Å². The topological polar surface area (TPSA) is 71.1 Å². The molecule has 0 saturated carbocycles. The molecule has 138 valence electrons. The van der Waals surface area contributed by atoms with E-state index in [4.69, 9.17) is 4.98 Å². The van der Waals surface area contributed by atoms with E-state index in [0.717, 1.165) is 39.0 Å². The summed E-state index contributed by atoms with van der Waals surface area (Å²) in [6.45, 7) is 4.37. The van der Waals surface area contributed by atoms with E-state index < -0.39 is 9.84 Å². The number of nitrogens with zero attached hydrogens (tertiary/aromatic N) is 1. The summed E-state index contributed by atoms with van der Waals surface area (Å²) in [5.41, 5.74) is 12.0. The van der Waals surface area contributed by atoms with Crippen LogP contribution in [0.25, 0.3) is 27.6 Å². The molecule has 2 N–H and O–H groups in total. The Morgan fingerprint density at radius 2 is 1.89 bits per heavy atom. The zero-order valence-corrected chi connectivity index (χ0v) is 16.1. The van der Waals surface area contributed by atoms with Gasteiger partial charge in [-0.05, 0) is 42.3 Å². The van der Waals surface area contributed by atoms with Crippen molar-refractivity contribution < 1.29 is 8.42 Å². The van der Waals surface area contributed by atoms with Crippen LogP contribution in [0, 0.1) is 0 Å². The van der Waals surface area contributed by atoms with E-state index in [9.17, 15) is 8.42 Å². The number of benzene rings is 2. The van der Waals surface area contributed by atoms with Gasteiger partial charge in [-0.1, -0.05) is 37.3 Å². The molecule has 27 heavy (non-hydrogen) atoms. The van der Waals surface area contributed by atoms with E-state index in [2.05, 4.69) is 10.9 Å². The molecule has 0 amide bonds. The third-order valence-electron chi connectivity index (χ3n) is 4.90. The summed E-state index contributed by atoms with van der Waals surface area (Å²) in [7, 11) is -3.26. The van der Waals surface area contributed by atoms with Crippen molar-refractivity contribution in [2.75, 3.05) is 12.3 Å². The number of hydrogen-bond acceptors (Lipinski definition) is 5. The highest BCUT2D eigenvalue weighted by molar-refractivity contribution is 7.91. The Hall–Kier alpha value is -2.70. The monoisotopic (exact) mass is 379 g/mol. The second-order valence-electron chi connectivity index (χ2n) is 6.59. The molecule has 6 heteroatoms. The van der Waals surface area contributed by atoms with E-state index >= 15 is 0 Å². The third-order valence-corrected chi connectivity index (χ3v) is 6.64. The number of aromatic nitrogens is 1. The zero-order chi connectivity index (χ0) is 19.0. The lowest BCUT2D eigenvalue weighted by atomic mass is 9.98. The number of allylic oxidation sites excluding steroid dienone is 1. The Balaban J connectivity index is 1.96. The van der Waals surface area contributed by atoms with Crippen molar-refractivity contribution in [3.63, 3.8) is 0 Å². The van der Waals surface area contributed by atoms with Gasteiger partial charge < -0.3 is 5.43 Å². The molecule has 0 radical (unpaired) electrons. The van der Waals surface area contributed by atoms with Crippen molar-refractivity contribution in [2.24, 2.45) is 0 Å². The number of pyridine rings is 1. The number of hydrazine groups is 1. The first-order chi connectivity index (χ1) is 13.0. The zero-order valence-electron chi connectivity index (χ0n) is 15.3. The number of sulfone groups is 1. The standard InChI is InChI=1S/C21H21N3O2S/c1-3-27(25,26)16-8-6-7-15(11-16)18-12-21(19-13-22-24-14(19)2)23-20-10-5-4-9-17(18)20/h4-12,22,24H,3,13H2,1-2H3. The fraction of sp³-hybridized carbons (Fsp3) is 0.190. The van der Waals surface area contributed by atoms with Crippen molar-refractivity contribution in [3.05, 3.63) is 66.0 Å². The van der Waals surface area contributed by atoms with Crippen molar-refractivity contribution in [2.45, 2.75) is 18.7 Å². The van der Waals surface area contributed by atoms with Gasteiger partial charge in [-0.25, -0.2) is 18.8 Å². The van der Waals surface area contributed by atoms with E-state index in [1.54, 1.807) is 25.1 Å². The number of hydrogen-bond donors (Lipinski definition) is 2. The molecule has 1 aromatic heterocycles. The van der Waals surface area contributed by atoms with E-state index in [-0.39, 0.29) is 5.75 Å². The SMILES string of the molecule is CCS(=O)(=O)c1cccc(-c2cc(C3=C(C)NNC3)nc3ccccc23)c1. The summed E-state index contributed by atoms with van der Waals surface area (Å²) >= 11 is 0. The fourth-order valence-electron chi connectivity index (χ4n) is 3.35. The average molecular weight is 379 g/mol. The quantitative estimate of drug-likeness (QED) is 0.726. The molecule has 1 aliphatic heterocycles. The minimum Gasteiger partial charge on any atom is -0.325 e. The minimum atomic E-state index is -3.26. The van der Waals surface area contributed by atoms with Gasteiger partial charge in [0, 0.05) is 23.2 Å². The molecule has 3 aromatic rings. The third kappa shape index (κ3) is 3.22. The smallest absolute Gasteiger partial charge is 0.178 e. The van der Waals surface area contributed by atoms with Crippen LogP contribution < -0.4 is 10.9 Å². The average Bonchev–Trinajstić information content (AvgIpc) is 3.13. The molecule has 1 aliphatic rings. The van der Waals surface area contributed by atoms with Crippen LogP contribution >= 0.6 is 0 Å². The maximum Gasteiger partial charge on any atom is 0.178 e.